The van der Waals surface area contributed by atoms with Crippen molar-refractivity contribution in [3.63, 3.8) is 0 Å². The van der Waals surface area contributed by atoms with Crippen LogP contribution in [0.3, 0.4) is 0 Å². The van der Waals surface area contributed by atoms with Crippen molar-refractivity contribution in [2.24, 2.45) is 0 Å². The molecule has 1 aromatic carbocycles. The maximum atomic E-state index is 12.8. The Labute approximate surface area is 151 Å². The molecule has 4 nitrogen and oxygen atoms in total. The molecule has 2 aliphatic heterocycles. The number of nitrogens with zero attached hydrogens (tertiary/aromatic N) is 2. The number of fused-ring (bicyclic) bond motifs is 1. The van der Waals surface area contributed by atoms with Crippen LogP contribution in [0, 0.1) is 0 Å². The molecule has 1 saturated heterocycles. The molecule has 0 bridgehead atoms. The first kappa shape index (κ1) is 20.2. The lowest BCUT2D eigenvalue weighted by atomic mass is 9.98. The summed E-state index contributed by atoms with van der Waals surface area (Å²) in [5.74, 6) is 0.281. The molecule has 130 valence electrons. The van der Waals surface area contributed by atoms with E-state index in [2.05, 4.69) is 48.3 Å². The number of carbonyl (C=O) groups excluding carboxylic acids is 1. The van der Waals surface area contributed by atoms with Crippen molar-refractivity contribution in [2.45, 2.75) is 38.9 Å². The van der Waals surface area contributed by atoms with Crippen LogP contribution in [0.5, 0.6) is 0 Å². The van der Waals surface area contributed by atoms with Crippen LogP contribution in [0.1, 0.15) is 25.0 Å². The van der Waals surface area contributed by atoms with Gasteiger partial charge in [-0.1, -0.05) is 24.3 Å². The lowest BCUT2D eigenvalue weighted by Gasteiger charge is -2.39. The standard InChI is InChI=1S/C17H25N3O.2ClH/c1-13-11-18-8-10-20(13)17(21)14(2)19-9-7-15-5-3-4-6-16(15)12-19;;/h3-6,13-14,18H,7-12H2,1-2H3;2*1H. The van der Waals surface area contributed by atoms with Gasteiger partial charge in [0.05, 0.1) is 6.04 Å². The maximum Gasteiger partial charge on any atom is 0.239 e. The predicted octanol–water partition coefficient (Wildman–Crippen LogP) is 2.10. The van der Waals surface area contributed by atoms with Crippen molar-refractivity contribution >= 4 is 30.7 Å². The fraction of sp³-hybridized carbons (Fsp3) is 0.588. The normalized spacial score (nSPS) is 22.3. The second-order valence-corrected chi connectivity index (χ2v) is 6.25. The molecule has 1 aromatic rings. The second-order valence-electron chi connectivity index (χ2n) is 6.25. The molecule has 1 amide bonds. The van der Waals surface area contributed by atoms with Crippen LogP contribution in [-0.4, -0.2) is 54.0 Å². The van der Waals surface area contributed by atoms with E-state index >= 15 is 0 Å². The number of hydrogen-bond acceptors (Lipinski definition) is 3. The first-order chi connectivity index (χ1) is 10.2. The highest BCUT2D eigenvalue weighted by Crippen LogP contribution is 2.21. The highest BCUT2D eigenvalue weighted by atomic mass is 35.5. The topological polar surface area (TPSA) is 35.6 Å². The molecular formula is C17H27Cl2N3O. The number of nitrogens with one attached hydrogen (secondary N) is 1. The summed E-state index contributed by atoms with van der Waals surface area (Å²) in [5, 5.41) is 3.34. The Hall–Kier alpha value is -0.810. The summed E-state index contributed by atoms with van der Waals surface area (Å²) in [5.41, 5.74) is 2.81. The molecule has 0 aromatic heterocycles. The Morgan fingerprint density at radius 2 is 1.91 bits per heavy atom. The number of rotatable bonds is 2. The Morgan fingerprint density at radius 3 is 2.61 bits per heavy atom. The SMILES string of the molecule is CC(C(=O)N1CCNCC1C)N1CCc2ccccc2C1.Cl.Cl. The summed E-state index contributed by atoms with van der Waals surface area (Å²) in [6, 6.07) is 8.85. The minimum absolute atomic E-state index is 0. The summed E-state index contributed by atoms with van der Waals surface area (Å²) < 4.78 is 0. The zero-order valence-corrected chi connectivity index (χ0v) is 15.5. The fourth-order valence-electron chi connectivity index (χ4n) is 3.41. The molecule has 1 fully saturated rings. The van der Waals surface area contributed by atoms with Gasteiger partial charge < -0.3 is 10.2 Å². The second kappa shape index (κ2) is 8.88. The van der Waals surface area contributed by atoms with Gasteiger partial charge in [-0.2, -0.15) is 0 Å². The van der Waals surface area contributed by atoms with Crippen molar-refractivity contribution in [3.05, 3.63) is 35.4 Å². The van der Waals surface area contributed by atoms with Gasteiger partial charge in [0.15, 0.2) is 0 Å². The third kappa shape index (κ3) is 4.38. The predicted molar refractivity (Wildman–Crippen MR) is 98.6 cm³/mol. The van der Waals surface area contributed by atoms with Crippen LogP contribution in [-0.2, 0) is 17.8 Å². The third-order valence-corrected chi connectivity index (χ3v) is 4.85. The largest absolute Gasteiger partial charge is 0.336 e. The van der Waals surface area contributed by atoms with Crippen LogP contribution >= 0.6 is 24.8 Å². The molecule has 6 heteroatoms. The smallest absolute Gasteiger partial charge is 0.239 e. The van der Waals surface area contributed by atoms with E-state index in [4.69, 9.17) is 0 Å². The molecule has 0 aliphatic carbocycles. The molecule has 23 heavy (non-hydrogen) atoms. The van der Waals surface area contributed by atoms with E-state index in [9.17, 15) is 4.79 Å². The number of amides is 1. The number of benzene rings is 1. The summed E-state index contributed by atoms with van der Waals surface area (Å²) in [7, 11) is 0. The van der Waals surface area contributed by atoms with Crippen molar-refractivity contribution in [1.82, 2.24) is 15.1 Å². The fourth-order valence-corrected chi connectivity index (χ4v) is 3.41. The maximum absolute atomic E-state index is 12.8. The van der Waals surface area contributed by atoms with E-state index in [1.54, 1.807) is 0 Å². The van der Waals surface area contributed by atoms with E-state index in [-0.39, 0.29) is 36.8 Å². The van der Waals surface area contributed by atoms with Crippen LogP contribution in [0.15, 0.2) is 24.3 Å². The Kier molecular flexibility index (Phi) is 7.81. The quantitative estimate of drug-likeness (QED) is 0.878. The first-order valence-corrected chi connectivity index (χ1v) is 7.99. The van der Waals surface area contributed by atoms with Gasteiger partial charge in [0.2, 0.25) is 5.91 Å². The van der Waals surface area contributed by atoms with Gasteiger partial charge >= 0.3 is 0 Å². The first-order valence-electron chi connectivity index (χ1n) is 7.99. The highest BCUT2D eigenvalue weighted by molar-refractivity contribution is 5.85. The van der Waals surface area contributed by atoms with Gasteiger partial charge in [-0.15, -0.1) is 24.8 Å². The van der Waals surface area contributed by atoms with E-state index < -0.39 is 0 Å². The average Bonchev–Trinajstić information content (AvgIpc) is 2.53. The highest BCUT2D eigenvalue weighted by Gasteiger charge is 2.31. The van der Waals surface area contributed by atoms with E-state index in [0.29, 0.717) is 6.04 Å². The van der Waals surface area contributed by atoms with E-state index in [0.717, 1.165) is 39.1 Å². The minimum atomic E-state index is -0.0288. The van der Waals surface area contributed by atoms with Gasteiger partial charge in [-0.25, -0.2) is 0 Å². The van der Waals surface area contributed by atoms with Gasteiger partial charge in [0.1, 0.15) is 0 Å². The van der Waals surface area contributed by atoms with Crippen LogP contribution in [0.4, 0.5) is 0 Å². The number of hydrogen-bond donors (Lipinski definition) is 1. The third-order valence-electron chi connectivity index (χ3n) is 4.85. The monoisotopic (exact) mass is 359 g/mol. The molecule has 2 heterocycles. The van der Waals surface area contributed by atoms with Gasteiger partial charge in [-0.05, 0) is 31.4 Å². The molecule has 1 N–H and O–H groups in total. The molecule has 0 saturated carbocycles. The Bertz CT molecular complexity index is 526. The summed E-state index contributed by atoms with van der Waals surface area (Å²) in [6.45, 7) is 8.70. The van der Waals surface area contributed by atoms with Crippen LogP contribution in [0.25, 0.3) is 0 Å². The Balaban J connectivity index is 0.00000132. The van der Waals surface area contributed by atoms with Crippen LogP contribution < -0.4 is 5.32 Å². The average molecular weight is 360 g/mol. The molecule has 2 atom stereocenters. The van der Waals surface area contributed by atoms with Crippen molar-refractivity contribution in [1.29, 1.82) is 0 Å². The summed E-state index contributed by atoms with van der Waals surface area (Å²) in [4.78, 5) is 17.1. The number of piperazine rings is 1. The molecule has 3 rings (SSSR count). The molecular weight excluding hydrogens is 333 g/mol. The molecule has 0 spiro atoms. The van der Waals surface area contributed by atoms with Crippen molar-refractivity contribution in [2.75, 3.05) is 26.2 Å². The van der Waals surface area contributed by atoms with Crippen molar-refractivity contribution in [3.8, 4) is 0 Å². The van der Waals surface area contributed by atoms with E-state index in [1.807, 2.05) is 4.90 Å². The van der Waals surface area contributed by atoms with Crippen molar-refractivity contribution < 1.29 is 4.79 Å². The zero-order chi connectivity index (χ0) is 14.8. The molecule has 0 radical (unpaired) electrons. The lowest BCUT2D eigenvalue weighted by Crippen LogP contribution is -2.57. The van der Waals surface area contributed by atoms with Gasteiger partial charge in [0, 0.05) is 38.8 Å². The Morgan fingerprint density at radius 1 is 1.22 bits per heavy atom. The van der Waals surface area contributed by atoms with Gasteiger partial charge in [-0.3, -0.25) is 9.69 Å². The minimum Gasteiger partial charge on any atom is -0.336 e. The number of carbonyl (C=O) groups is 1. The number of halogens is 2. The van der Waals surface area contributed by atoms with Crippen LogP contribution in [0.2, 0.25) is 0 Å². The molecule has 2 unspecified atom stereocenters. The summed E-state index contributed by atoms with van der Waals surface area (Å²) in [6.07, 6.45) is 1.05. The van der Waals surface area contributed by atoms with Gasteiger partial charge in [0.25, 0.3) is 0 Å². The van der Waals surface area contributed by atoms with E-state index in [1.165, 1.54) is 11.1 Å². The summed E-state index contributed by atoms with van der Waals surface area (Å²) >= 11 is 0. The molecule has 2 aliphatic rings. The lowest BCUT2D eigenvalue weighted by molar-refractivity contribution is -0.139. The zero-order valence-electron chi connectivity index (χ0n) is 13.8.